The Morgan fingerprint density at radius 1 is 1.38 bits per heavy atom. The Morgan fingerprint density at radius 3 is 2.83 bits per heavy atom. The summed E-state index contributed by atoms with van der Waals surface area (Å²) in [5.41, 5.74) is 0.857. The van der Waals surface area contributed by atoms with Gasteiger partial charge in [-0.1, -0.05) is 12.1 Å². The predicted molar refractivity (Wildman–Crippen MR) is 89.6 cm³/mol. The number of ketones is 1. The average Bonchev–Trinajstić information content (AvgIpc) is 3.00. The Kier molecular flexibility index (Phi) is 4.30. The van der Waals surface area contributed by atoms with Crippen LogP contribution in [-0.4, -0.2) is 35.2 Å². The molecule has 3 rings (SSSR count). The molecule has 2 amide bonds. The van der Waals surface area contributed by atoms with Gasteiger partial charge in [0.25, 0.3) is 5.91 Å². The molecule has 2 heterocycles. The normalized spacial score (nSPS) is 16.3. The molecule has 1 N–H and O–H groups in total. The summed E-state index contributed by atoms with van der Waals surface area (Å²) in [6.07, 6.45) is -0.656. The highest BCUT2D eigenvalue weighted by atomic mass is 32.1. The zero-order chi connectivity index (χ0) is 17.3. The van der Waals surface area contributed by atoms with Crippen LogP contribution in [0.3, 0.4) is 0 Å². The molecule has 7 nitrogen and oxygen atoms in total. The maximum absolute atomic E-state index is 12.3. The van der Waals surface area contributed by atoms with Crippen molar-refractivity contribution in [3.05, 3.63) is 35.3 Å². The van der Waals surface area contributed by atoms with Crippen LogP contribution in [0.2, 0.25) is 0 Å². The lowest BCUT2D eigenvalue weighted by Crippen LogP contribution is -2.47. The lowest BCUT2D eigenvalue weighted by molar-refractivity contribution is -0.127. The van der Waals surface area contributed by atoms with Gasteiger partial charge in [0, 0.05) is 12.3 Å². The molecule has 1 unspecified atom stereocenters. The van der Waals surface area contributed by atoms with Crippen molar-refractivity contribution in [1.29, 1.82) is 0 Å². The molecular weight excluding hydrogens is 330 g/mol. The maximum atomic E-state index is 12.3. The van der Waals surface area contributed by atoms with E-state index < -0.39 is 12.0 Å². The fraction of sp³-hybridized carbons (Fsp3) is 0.250. The summed E-state index contributed by atoms with van der Waals surface area (Å²) in [6.45, 7) is 2.90. The number of Topliss-reactive ketones (excluding diaryl/α,β-unsaturated/α-hetero) is 1. The van der Waals surface area contributed by atoms with Crippen molar-refractivity contribution in [2.45, 2.75) is 20.0 Å². The second kappa shape index (κ2) is 6.40. The fourth-order valence-electron chi connectivity index (χ4n) is 2.32. The quantitative estimate of drug-likeness (QED) is 0.857. The molecule has 2 aromatic rings. The van der Waals surface area contributed by atoms with E-state index in [1.54, 1.807) is 36.6 Å². The highest BCUT2D eigenvalue weighted by molar-refractivity contribution is 7.14. The van der Waals surface area contributed by atoms with Gasteiger partial charge in [0.05, 0.1) is 5.69 Å². The Labute approximate surface area is 142 Å². The minimum atomic E-state index is -0.656. The minimum Gasteiger partial charge on any atom is -0.479 e. The number of amides is 2. The molecule has 1 atom stereocenters. The van der Waals surface area contributed by atoms with E-state index in [0.29, 0.717) is 22.3 Å². The van der Waals surface area contributed by atoms with Gasteiger partial charge in [-0.3, -0.25) is 19.3 Å². The van der Waals surface area contributed by atoms with E-state index >= 15 is 0 Å². The van der Waals surface area contributed by atoms with Gasteiger partial charge in [0.2, 0.25) is 5.91 Å². The minimum absolute atomic E-state index is 0.154. The van der Waals surface area contributed by atoms with Crippen LogP contribution in [0.4, 0.5) is 10.8 Å². The molecule has 0 aliphatic carbocycles. The van der Waals surface area contributed by atoms with Crippen LogP contribution in [-0.2, 0) is 9.59 Å². The second-order valence-electron chi connectivity index (χ2n) is 5.29. The molecule has 1 aliphatic heterocycles. The van der Waals surface area contributed by atoms with Crippen molar-refractivity contribution in [3.8, 4) is 5.75 Å². The van der Waals surface area contributed by atoms with Gasteiger partial charge in [0.1, 0.15) is 18.0 Å². The monoisotopic (exact) mass is 345 g/mol. The Balaban J connectivity index is 1.75. The van der Waals surface area contributed by atoms with Crippen LogP contribution >= 0.6 is 11.3 Å². The highest BCUT2D eigenvalue weighted by Gasteiger charge is 2.32. The smallest absolute Gasteiger partial charge is 0.268 e. The highest BCUT2D eigenvalue weighted by Crippen LogP contribution is 2.33. The summed E-state index contributed by atoms with van der Waals surface area (Å²) in [5, 5.41) is 4.52. The molecule has 124 valence electrons. The fourth-order valence-corrected chi connectivity index (χ4v) is 3.08. The third kappa shape index (κ3) is 3.13. The van der Waals surface area contributed by atoms with Crippen LogP contribution in [0.15, 0.2) is 29.6 Å². The molecule has 1 aliphatic rings. The number of anilines is 2. The summed E-state index contributed by atoms with van der Waals surface area (Å²) >= 11 is 1.16. The van der Waals surface area contributed by atoms with E-state index in [-0.39, 0.29) is 18.2 Å². The number of benzene rings is 1. The lowest BCUT2D eigenvalue weighted by Gasteiger charge is -2.32. The molecular formula is C16H15N3O4S. The maximum Gasteiger partial charge on any atom is 0.268 e. The van der Waals surface area contributed by atoms with Crippen molar-refractivity contribution in [3.63, 3.8) is 0 Å². The van der Waals surface area contributed by atoms with E-state index in [4.69, 9.17) is 4.74 Å². The summed E-state index contributed by atoms with van der Waals surface area (Å²) in [5.74, 6) is -0.285. The van der Waals surface area contributed by atoms with Gasteiger partial charge in [-0.25, -0.2) is 4.98 Å². The average molecular weight is 345 g/mol. The summed E-state index contributed by atoms with van der Waals surface area (Å²) in [7, 11) is 0. The van der Waals surface area contributed by atoms with Crippen molar-refractivity contribution in [1.82, 2.24) is 4.98 Å². The third-order valence-electron chi connectivity index (χ3n) is 3.49. The number of carbonyl (C=O) groups is 3. The van der Waals surface area contributed by atoms with Crippen LogP contribution in [0, 0.1) is 0 Å². The van der Waals surface area contributed by atoms with Crippen molar-refractivity contribution >= 4 is 39.8 Å². The lowest BCUT2D eigenvalue weighted by atomic mass is 10.2. The van der Waals surface area contributed by atoms with Gasteiger partial charge < -0.3 is 10.1 Å². The molecule has 0 fully saturated rings. The first-order valence-electron chi connectivity index (χ1n) is 7.29. The topological polar surface area (TPSA) is 88.6 Å². The molecule has 1 aromatic heterocycles. The number of nitrogens with zero attached hydrogens (tertiary/aromatic N) is 2. The van der Waals surface area contributed by atoms with Gasteiger partial charge in [-0.05, 0) is 19.1 Å². The molecule has 0 bridgehead atoms. The zero-order valence-corrected chi connectivity index (χ0v) is 13.9. The second-order valence-corrected chi connectivity index (χ2v) is 6.15. The number of carbonyl (C=O) groups excluding carboxylic acids is 3. The molecule has 24 heavy (non-hydrogen) atoms. The number of aromatic nitrogens is 1. The summed E-state index contributed by atoms with van der Waals surface area (Å²) in [4.78, 5) is 41.3. The van der Waals surface area contributed by atoms with E-state index in [1.165, 1.54) is 11.8 Å². The van der Waals surface area contributed by atoms with E-state index in [1.807, 2.05) is 0 Å². The molecule has 1 aromatic carbocycles. The number of ether oxygens (including phenoxy) is 1. The number of para-hydroxylation sites is 2. The first-order valence-corrected chi connectivity index (χ1v) is 8.17. The van der Waals surface area contributed by atoms with E-state index in [0.717, 1.165) is 11.3 Å². The summed E-state index contributed by atoms with van der Waals surface area (Å²) in [6, 6.07) is 7.06. The third-order valence-corrected chi connectivity index (χ3v) is 4.24. The van der Waals surface area contributed by atoms with Crippen LogP contribution in [0.1, 0.15) is 24.3 Å². The molecule has 8 heteroatoms. The Hall–Kier alpha value is -2.74. The number of nitrogens with one attached hydrogen (secondary N) is 1. The SMILES string of the molecule is CC(=O)c1csc(NC(=O)CN2C(=O)C(C)Oc3ccccc32)n1. The summed E-state index contributed by atoms with van der Waals surface area (Å²) < 4.78 is 5.53. The van der Waals surface area contributed by atoms with Crippen molar-refractivity contribution in [2.75, 3.05) is 16.8 Å². The first-order chi connectivity index (χ1) is 11.5. The molecule has 0 spiro atoms. The predicted octanol–water partition coefficient (Wildman–Crippen LogP) is 2.10. The first kappa shape index (κ1) is 16.1. The van der Waals surface area contributed by atoms with E-state index in [2.05, 4.69) is 10.3 Å². The number of rotatable bonds is 4. The van der Waals surface area contributed by atoms with Gasteiger partial charge in [-0.15, -0.1) is 11.3 Å². The number of thiazole rings is 1. The number of hydrogen-bond donors (Lipinski definition) is 1. The van der Waals surface area contributed by atoms with Crippen molar-refractivity contribution < 1.29 is 19.1 Å². The van der Waals surface area contributed by atoms with Crippen LogP contribution in [0.5, 0.6) is 5.75 Å². The Morgan fingerprint density at radius 2 is 2.12 bits per heavy atom. The van der Waals surface area contributed by atoms with Gasteiger partial charge >= 0.3 is 0 Å². The largest absolute Gasteiger partial charge is 0.479 e. The standard InChI is InChI=1S/C16H15N3O4S/c1-9(20)11-8-24-16(17-11)18-14(21)7-19-12-5-3-4-6-13(12)23-10(2)15(19)22/h3-6,8,10H,7H2,1-2H3,(H,17,18,21). The Bertz CT molecular complexity index is 817. The molecule has 0 saturated carbocycles. The molecule has 0 saturated heterocycles. The number of hydrogen-bond acceptors (Lipinski definition) is 6. The van der Waals surface area contributed by atoms with Crippen molar-refractivity contribution in [2.24, 2.45) is 0 Å². The van der Waals surface area contributed by atoms with Crippen LogP contribution in [0.25, 0.3) is 0 Å². The van der Waals surface area contributed by atoms with Gasteiger partial charge in [0.15, 0.2) is 17.0 Å². The van der Waals surface area contributed by atoms with E-state index in [9.17, 15) is 14.4 Å². The van der Waals surface area contributed by atoms with Crippen LogP contribution < -0.4 is 15.0 Å². The molecule has 0 radical (unpaired) electrons. The van der Waals surface area contributed by atoms with Gasteiger partial charge in [-0.2, -0.15) is 0 Å². The zero-order valence-electron chi connectivity index (χ0n) is 13.1. The number of fused-ring (bicyclic) bond motifs is 1.